The van der Waals surface area contributed by atoms with E-state index in [1.807, 2.05) is 30.3 Å². The van der Waals surface area contributed by atoms with Gasteiger partial charge in [-0.3, -0.25) is 14.6 Å². The van der Waals surface area contributed by atoms with Crippen LogP contribution in [0.1, 0.15) is 31.2 Å². The van der Waals surface area contributed by atoms with Gasteiger partial charge in [0.1, 0.15) is 0 Å². The van der Waals surface area contributed by atoms with Gasteiger partial charge >= 0.3 is 0 Å². The highest BCUT2D eigenvalue weighted by Gasteiger charge is 2.38. The van der Waals surface area contributed by atoms with Crippen molar-refractivity contribution in [3.63, 3.8) is 0 Å². The number of amides is 1. The number of guanidine groups is 1. The molecule has 0 unspecified atom stereocenters. The fraction of sp³-hybridized carbons (Fsp3) is 0.438. The highest BCUT2D eigenvalue weighted by Crippen LogP contribution is 2.16. The Morgan fingerprint density at radius 3 is 2.26 bits per heavy atom. The van der Waals surface area contributed by atoms with Crippen molar-refractivity contribution in [1.29, 1.82) is 0 Å². The van der Waals surface area contributed by atoms with Crippen molar-refractivity contribution in [3.8, 4) is 0 Å². The summed E-state index contributed by atoms with van der Waals surface area (Å²) >= 11 is 0. The van der Waals surface area contributed by atoms with Gasteiger partial charge in [0.25, 0.3) is 0 Å². The number of hydrogen-bond donors (Lipinski definition) is 4. The number of hydrogen-bond acceptors (Lipinski definition) is 4. The zero-order valence-corrected chi connectivity index (χ0v) is 13.2. The van der Waals surface area contributed by atoms with Crippen LogP contribution in [-0.2, 0) is 16.0 Å². The van der Waals surface area contributed by atoms with Gasteiger partial charge in [-0.1, -0.05) is 30.3 Å². The van der Waals surface area contributed by atoms with Gasteiger partial charge < -0.3 is 22.9 Å². The number of carbonyl (C=O) groups is 2. The molecule has 1 aromatic carbocycles. The van der Waals surface area contributed by atoms with Crippen LogP contribution in [0.2, 0.25) is 0 Å². The lowest BCUT2D eigenvalue weighted by molar-refractivity contribution is -0.134. The topological polar surface area (TPSA) is 151 Å². The summed E-state index contributed by atoms with van der Waals surface area (Å²) < 4.78 is 0. The Balaban J connectivity index is 2.52. The molecule has 0 aromatic heterocycles. The lowest BCUT2D eigenvalue weighted by atomic mass is 9.86. The Labute approximate surface area is 136 Å². The first-order valence-electron chi connectivity index (χ1n) is 7.57. The number of nitrogens with zero attached hydrogens (tertiary/aromatic N) is 1. The van der Waals surface area contributed by atoms with Gasteiger partial charge in [0.2, 0.25) is 5.91 Å². The van der Waals surface area contributed by atoms with E-state index >= 15 is 0 Å². The molecule has 0 heterocycles. The van der Waals surface area contributed by atoms with E-state index in [0.717, 1.165) is 12.0 Å². The molecule has 0 aliphatic rings. The monoisotopic (exact) mass is 319 g/mol. The zero-order chi connectivity index (χ0) is 17.3. The average Bonchev–Trinajstić information content (AvgIpc) is 2.51. The Morgan fingerprint density at radius 2 is 1.70 bits per heavy atom. The average molecular weight is 319 g/mol. The molecule has 0 bridgehead atoms. The van der Waals surface area contributed by atoms with Crippen LogP contribution in [0.15, 0.2) is 35.3 Å². The second-order valence-corrected chi connectivity index (χ2v) is 5.51. The second kappa shape index (κ2) is 8.89. The first-order chi connectivity index (χ1) is 10.9. The molecule has 0 saturated heterocycles. The summed E-state index contributed by atoms with van der Waals surface area (Å²) in [6, 6.07) is 9.80. The molecule has 0 aliphatic carbocycles. The Hall–Kier alpha value is -2.41. The van der Waals surface area contributed by atoms with Crippen molar-refractivity contribution in [2.45, 2.75) is 37.6 Å². The molecule has 1 rings (SSSR count). The molecule has 0 fully saturated rings. The predicted molar refractivity (Wildman–Crippen MR) is 90.4 cm³/mol. The minimum Gasteiger partial charge on any atom is -0.370 e. The van der Waals surface area contributed by atoms with Crippen molar-refractivity contribution in [1.82, 2.24) is 0 Å². The summed E-state index contributed by atoms with van der Waals surface area (Å²) in [5.74, 6) is -1.20. The number of carbonyl (C=O) groups excluding carboxylic acids is 2. The number of nitrogens with two attached hydrogens (primary N) is 4. The predicted octanol–water partition coefficient (Wildman–Crippen LogP) is -0.185. The van der Waals surface area contributed by atoms with E-state index in [4.69, 9.17) is 22.9 Å². The Morgan fingerprint density at radius 1 is 1.04 bits per heavy atom. The number of aliphatic imine (C=N–C) groups is 1. The fourth-order valence-corrected chi connectivity index (χ4v) is 2.29. The minimum atomic E-state index is -1.66. The Bertz CT molecular complexity index is 555. The maximum atomic E-state index is 12.3. The molecule has 1 atom stereocenters. The normalized spacial score (nSPS) is 13.1. The number of rotatable bonds is 10. The maximum Gasteiger partial charge on any atom is 0.245 e. The second-order valence-electron chi connectivity index (χ2n) is 5.51. The van der Waals surface area contributed by atoms with Gasteiger partial charge in [-0.25, -0.2) is 0 Å². The standard InChI is InChI=1S/C16H25N5O2/c17-14(23)16(20,10-5-11-21-15(18)19)13(22)9-4-8-12-6-2-1-3-7-12/h1-3,6-7H,4-5,8-11,20H2,(H2,17,23)(H4,18,19,21)/t16-/m1/s1. The van der Waals surface area contributed by atoms with E-state index in [9.17, 15) is 9.59 Å². The van der Waals surface area contributed by atoms with E-state index in [-0.39, 0.29) is 24.6 Å². The van der Waals surface area contributed by atoms with Crippen molar-refractivity contribution >= 4 is 17.6 Å². The summed E-state index contributed by atoms with van der Waals surface area (Å²) in [4.78, 5) is 27.7. The minimum absolute atomic E-state index is 0.0408. The van der Waals surface area contributed by atoms with Gasteiger partial charge in [-0.05, 0) is 31.2 Å². The van der Waals surface area contributed by atoms with Crippen LogP contribution in [0.3, 0.4) is 0 Å². The summed E-state index contributed by atoms with van der Waals surface area (Å²) in [6.07, 6.45) is 2.10. The number of primary amides is 1. The maximum absolute atomic E-state index is 12.3. The molecule has 1 aromatic rings. The molecule has 8 N–H and O–H groups in total. The van der Waals surface area contributed by atoms with Gasteiger partial charge in [-0.15, -0.1) is 0 Å². The van der Waals surface area contributed by atoms with E-state index in [0.29, 0.717) is 19.4 Å². The number of ketones is 1. The lowest BCUT2D eigenvalue weighted by Gasteiger charge is -2.24. The van der Waals surface area contributed by atoms with E-state index in [2.05, 4.69) is 4.99 Å². The SMILES string of the molecule is NC(=O)[C@@](N)(CCCN=C(N)N)C(=O)CCCc1ccccc1. The molecular formula is C16H25N5O2. The van der Waals surface area contributed by atoms with Crippen LogP contribution >= 0.6 is 0 Å². The van der Waals surface area contributed by atoms with Crippen molar-refractivity contribution in [2.24, 2.45) is 27.9 Å². The highest BCUT2D eigenvalue weighted by atomic mass is 16.2. The third-order valence-corrected chi connectivity index (χ3v) is 3.67. The van der Waals surface area contributed by atoms with Gasteiger partial charge in [-0.2, -0.15) is 0 Å². The lowest BCUT2D eigenvalue weighted by Crippen LogP contribution is -2.58. The molecular weight excluding hydrogens is 294 g/mol. The molecule has 0 spiro atoms. The molecule has 7 nitrogen and oxygen atoms in total. The largest absolute Gasteiger partial charge is 0.370 e. The van der Waals surface area contributed by atoms with Gasteiger partial charge in [0.15, 0.2) is 17.3 Å². The van der Waals surface area contributed by atoms with E-state index in [1.165, 1.54) is 0 Å². The molecule has 0 saturated carbocycles. The van der Waals surface area contributed by atoms with Crippen LogP contribution in [0.25, 0.3) is 0 Å². The molecule has 0 radical (unpaired) electrons. The van der Waals surface area contributed by atoms with Gasteiger partial charge in [0.05, 0.1) is 0 Å². The first-order valence-corrected chi connectivity index (χ1v) is 7.57. The molecule has 7 heteroatoms. The third-order valence-electron chi connectivity index (χ3n) is 3.67. The summed E-state index contributed by atoms with van der Waals surface area (Å²) in [5.41, 5.74) is 21.2. The quantitative estimate of drug-likeness (QED) is 0.204. The van der Waals surface area contributed by atoms with Crippen molar-refractivity contribution in [3.05, 3.63) is 35.9 Å². The van der Waals surface area contributed by atoms with Crippen molar-refractivity contribution in [2.75, 3.05) is 6.54 Å². The van der Waals surface area contributed by atoms with E-state index < -0.39 is 11.4 Å². The highest BCUT2D eigenvalue weighted by molar-refractivity contribution is 6.09. The summed E-state index contributed by atoms with van der Waals surface area (Å²) in [7, 11) is 0. The number of aryl methyl sites for hydroxylation is 1. The van der Waals surface area contributed by atoms with Crippen LogP contribution < -0.4 is 22.9 Å². The zero-order valence-electron chi connectivity index (χ0n) is 13.2. The fourth-order valence-electron chi connectivity index (χ4n) is 2.29. The van der Waals surface area contributed by atoms with Crippen LogP contribution in [0.5, 0.6) is 0 Å². The van der Waals surface area contributed by atoms with Crippen LogP contribution in [0, 0.1) is 0 Å². The number of Topliss-reactive ketones (excluding diaryl/α,β-unsaturated/α-hetero) is 1. The summed E-state index contributed by atoms with van der Waals surface area (Å²) in [5, 5.41) is 0. The van der Waals surface area contributed by atoms with Crippen molar-refractivity contribution < 1.29 is 9.59 Å². The smallest absolute Gasteiger partial charge is 0.245 e. The Kier molecular flexibility index (Phi) is 7.21. The first kappa shape index (κ1) is 18.6. The van der Waals surface area contributed by atoms with E-state index in [1.54, 1.807) is 0 Å². The van der Waals surface area contributed by atoms with Gasteiger partial charge in [0, 0.05) is 13.0 Å². The molecule has 126 valence electrons. The van der Waals surface area contributed by atoms with Crippen LogP contribution in [-0.4, -0.2) is 29.7 Å². The summed E-state index contributed by atoms with van der Waals surface area (Å²) in [6.45, 7) is 0.297. The number of benzene rings is 1. The molecule has 23 heavy (non-hydrogen) atoms. The van der Waals surface area contributed by atoms with Crippen LogP contribution in [0.4, 0.5) is 0 Å². The molecule has 1 amide bonds. The third kappa shape index (κ3) is 6.07. The molecule has 0 aliphatic heterocycles.